The Kier molecular flexibility index (Phi) is 6.09. The SMILES string of the molecule is CO[C@H]1CC[C@H](/C=C/CCC2CCCCC2=O)CC1. The van der Waals surface area contributed by atoms with Gasteiger partial charge in [-0.1, -0.05) is 18.6 Å². The molecule has 2 fully saturated rings. The van der Waals surface area contributed by atoms with Crippen molar-refractivity contribution >= 4 is 5.78 Å². The van der Waals surface area contributed by atoms with Crippen LogP contribution in [0.3, 0.4) is 0 Å². The van der Waals surface area contributed by atoms with Gasteiger partial charge in [-0.15, -0.1) is 0 Å². The van der Waals surface area contributed by atoms with Gasteiger partial charge in [-0.05, 0) is 57.3 Å². The van der Waals surface area contributed by atoms with Crippen molar-refractivity contribution in [1.29, 1.82) is 0 Å². The topological polar surface area (TPSA) is 26.3 Å². The first-order valence-electron chi connectivity index (χ1n) is 8.01. The first-order chi connectivity index (χ1) is 9.29. The van der Waals surface area contributed by atoms with Crippen molar-refractivity contribution in [3.63, 3.8) is 0 Å². The number of allylic oxidation sites excluding steroid dienone is 2. The largest absolute Gasteiger partial charge is 0.381 e. The van der Waals surface area contributed by atoms with Crippen LogP contribution in [0, 0.1) is 11.8 Å². The van der Waals surface area contributed by atoms with Gasteiger partial charge in [0, 0.05) is 19.4 Å². The fourth-order valence-electron chi connectivity index (χ4n) is 3.46. The summed E-state index contributed by atoms with van der Waals surface area (Å²) >= 11 is 0. The van der Waals surface area contributed by atoms with Crippen LogP contribution >= 0.6 is 0 Å². The van der Waals surface area contributed by atoms with Crippen molar-refractivity contribution in [2.24, 2.45) is 11.8 Å². The third-order valence-electron chi connectivity index (χ3n) is 4.82. The van der Waals surface area contributed by atoms with Gasteiger partial charge in [-0.25, -0.2) is 0 Å². The van der Waals surface area contributed by atoms with E-state index in [1.165, 1.54) is 32.1 Å². The Labute approximate surface area is 117 Å². The van der Waals surface area contributed by atoms with Crippen LogP contribution in [0.5, 0.6) is 0 Å². The summed E-state index contributed by atoms with van der Waals surface area (Å²) in [7, 11) is 1.82. The summed E-state index contributed by atoms with van der Waals surface area (Å²) in [5, 5.41) is 0. The maximum atomic E-state index is 11.7. The zero-order chi connectivity index (χ0) is 13.5. The van der Waals surface area contributed by atoms with E-state index in [1.54, 1.807) is 0 Å². The molecule has 0 aromatic heterocycles. The summed E-state index contributed by atoms with van der Waals surface area (Å²) < 4.78 is 5.39. The molecule has 0 bridgehead atoms. The van der Waals surface area contributed by atoms with Gasteiger partial charge in [0.15, 0.2) is 0 Å². The van der Waals surface area contributed by atoms with Crippen LogP contribution in [0.15, 0.2) is 12.2 Å². The number of ether oxygens (including phenoxy) is 1. The lowest BCUT2D eigenvalue weighted by atomic mass is 9.84. The highest BCUT2D eigenvalue weighted by Crippen LogP contribution is 2.28. The van der Waals surface area contributed by atoms with Gasteiger partial charge in [0.05, 0.1) is 6.10 Å². The Hall–Kier alpha value is -0.630. The van der Waals surface area contributed by atoms with Gasteiger partial charge in [0.25, 0.3) is 0 Å². The number of hydrogen-bond donors (Lipinski definition) is 0. The van der Waals surface area contributed by atoms with E-state index in [0.717, 1.165) is 38.0 Å². The van der Waals surface area contributed by atoms with Crippen LogP contribution in [0.4, 0.5) is 0 Å². The number of ketones is 1. The maximum Gasteiger partial charge on any atom is 0.135 e. The molecule has 19 heavy (non-hydrogen) atoms. The Morgan fingerprint density at radius 1 is 1.16 bits per heavy atom. The lowest BCUT2D eigenvalue weighted by molar-refractivity contribution is -0.124. The van der Waals surface area contributed by atoms with Gasteiger partial charge in [0.1, 0.15) is 5.78 Å². The zero-order valence-corrected chi connectivity index (χ0v) is 12.3. The summed E-state index contributed by atoms with van der Waals surface area (Å²) in [6.45, 7) is 0. The molecular weight excluding hydrogens is 236 g/mol. The van der Waals surface area contributed by atoms with Crippen LogP contribution < -0.4 is 0 Å². The molecule has 0 spiro atoms. The molecule has 0 radical (unpaired) electrons. The summed E-state index contributed by atoms with van der Waals surface area (Å²) in [6.07, 6.45) is 16.6. The molecule has 2 aliphatic rings. The normalized spacial score (nSPS) is 32.9. The Morgan fingerprint density at radius 2 is 1.95 bits per heavy atom. The van der Waals surface area contributed by atoms with Crippen molar-refractivity contribution < 1.29 is 9.53 Å². The van der Waals surface area contributed by atoms with Crippen molar-refractivity contribution in [3.8, 4) is 0 Å². The number of Topliss-reactive ketones (excluding diaryl/α,β-unsaturated/α-hetero) is 1. The molecule has 1 unspecified atom stereocenters. The van der Waals surface area contributed by atoms with Crippen LogP contribution in [-0.4, -0.2) is 19.0 Å². The van der Waals surface area contributed by atoms with E-state index in [1.807, 2.05) is 7.11 Å². The summed E-state index contributed by atoms with van der Waals surface area (Å²) in [4.78, 5) is 11.7. The lowest BCUT2D eigenvalue weighted by Crippen LogP contribution is -2.19. The molecule has 2 nitrogen and oxygen atoms in total. The van der Waals surface area contributed by atoms with Crippen LogP contribution in [0.1, 0.15) is 64.2 Å². The summed E-state index contributed by atoms with van der Waals surface area (Å²) in [5.74, 6) is 1.62. The van der Waals surface area contributed by atoms with E-state index >= 15 is 0 Å². The Morgan fingerprint density at radius 3 is 2.63 bits per heavy atom. The first-order valence-corrected chi connectivity index (χ1v) is 8.01. The second-order valence-electron chi connectivity index (χ2n) is 6.19. The molecule has 0 aromatic rings. The quantitative estimate of drug-likeness (QED) is 0.692. The fourth-order valence-corrected chi connectivity index (χ4v) is 3.46. The predicted molar refractivity (Wildman–Crippen MR) is 78.1 cm³/mol. The van der Waals surface area contributed by atoms with Gasteiger partial charge in [-0.3, -0.25) is 4.79 Å². The second-order valence-corrected chi connectivity index (χ2v) is 6.19. The Bertz CT molecular complexity index is 300. The zero-order valence-electron chi connectivity index (χ0n) is 12.3. The molecule has 2 rings (SSSR count). The van der Waals surface area contributed by atoms with E-state index in [2.05, 4.69) is 12.2 Å². The highest BCUT2D eigenvalue weighted by molar-refractivity contribution is 5.81. The monoisotopic (exact) mass is 264 g/mol. The van der Waals surface area contributed by atoms with Gasteiger partial charge in [-0.2, -0.15) is 0 Å². The molecule has 1 atom stereocenters. The van der Waals surface area contributed by atoms with Crippen LogP contribution in [0.2, 0.25) is 0 Å². The molecule has 0 N–H and O–H groups in total. The predicted octanol–water partition coefficient (Wildman–Crippen LogP) is 4.29. The van der Waals surface area contributed by atoms with Crippen molar-refractivity contribution in [1.82, 2.24) is 0 Å². The third-order valence-corrected chi connectivity index (χ3v) is 4.82. The number of hydrogen-bond acceptors (Lipinski definition) is 2. The molecule has 0 aliphatic heterocycles. The van der Waals surface area contributed by atoms with E-state index in [0.29, 0.717) is 17.8 Å². The fraction of sp³-hybridized carbons (Fsp3) is 0.824. The van der Waals surface area contributed by atoms with Gasteiger partial charge >= 0.3 is 0 Å². The average Bonchev–Trinajstić information content (AvgIpc) is 2.46. The highest BCUT2D eigenvalue weighted by Gasteiger charge is 2.21. The maximum absolute atomic E-state index is 11.7. The van der Waals surface area contributed by atoms with E-state index in [4.69, 9.17) is 4.74 Å². The lowest BCUT2D eigenvalue weighted by Gasteiger charge is -2.25. The number of carbonyl (C=O) groups is 1. The molecule has 2 aliphatic carbocycles. The first kappa shape index (κ1) is 14.8. The number of rotatable bonds is 5. The van der Waals surface area contributed by atoms with E-state index in [-0.39, 0.29) is 0 Å². The standard InChI is InChI=1S/C17H28O2/c1-19-16-12-10-14(11-13-16)6-2-3-7-15-8-4-5-9-17(15)18/h2,6,14-16H,3-5,7-13H2,1H3/b6-2+/t14-,15?,16-. The van der Waals surface area contributed by atoms with Gasteiger partial charge < -0.3 is 4.74 Å². The van der Waals surface area contributed by atoms with Gasteiger partial charge in [0.2, 0.25) is 0 Å². The highest BCUT2D eigenvalue weighted by atomic mass is 16.5. The molecule has 0 amide bonds. The average molecular weight is 264 g/mol. The molecular formula is C17H28O2. The molecule has 2 heteroatoms. The van der Waals surface area contributed by atoms with Crippen molar-refractivity contribution in [3.05, 3.63) is 12.2 Å². The second kappa shape index (κ2) is 7.84. The molecule has 0 heterocycles. The summed E-state index contributed by atoms with van der Waals surface area (Å²) in [5.41, 5.74) is 0. The molecule has 108 valence electrons. The molecule has 2 saturated carbocycles. The van der Waals surface area contributed by atoms with E-state index in [9.17, 15) is 4.79 Å². The van der Waals surface area contributed by atoms with Crippen molar-refractivity contribution in [2.45, 2.75) is 70.3 Å². The smallest absolute Gasteiger partial charge is 0.135 e. The van der Waals surface area contributed by atoms with Crippen molar-refractivity contribution in [2.75, 3.05) is 7.11 Å². The minimum atomic E-state index is 0.364. The minimum absolute atomic E-state index is 0.364. The van der Waals surface area contributed by atoms with Crippen LogP contribution in [-0.2, 0) is 9.53 Å². The molecule has 0 aromatic carbocycles. The van der Waals surface area contributed by atoms with Crippen LogP contribution in [0.25, 0.3) is 0 Å². The number of methoxy groups -OCH3 is 1. The Balaban J connectivity index is 1.62. The van der Waals surface area contributed by atoms with E-state index < -0.39 is 0 Å². The number of carbonyl (C=O) groups excluding carboxylic acids is 1. The minimum Gasteiger partial charge on any atom is -0.381 e. The summed E-state index contributed by atoms with van der Waals surface area (Å²) in [6, 6.07) is 0. The molecule has 0 saturated heterocycles. The third kappa shape index (κ3) is 4.76.